The van der Waals surface area contributed by atoms with Gasteiger partial charge in [-0.15, -0.1) is 0 Å². The predicted octanol–water partition coefficient (Wildman–Crippen LogP) is 1.97. The summed E-state index contributed by atoms with van der Waals surface area (Å²) in [5.41, 5.74) is -1.53. The van der Waals surface area contributed by atoms with Crippen LogP contribution in [0.4, 0.5) is 4.79 Å². The number of aliphatic hydroxyl groups is 1. The van der Waals surface area contributed by atoms with E-state index in [0.29, 0.717) is 31.5 Å². The lowest BCUT2D eigenvalue weighted by Crippen LogP contribution is -2.50. The van der Waals surface area contributed by atoms with Gasteiger partial charge in [-0.1, -0.05) is 11.6 Å². The number of halogens is 1. The second kappa shape index (κ2) is 6.72. The van der Waals surface area contributed by atoms with Crippen LogP contribution in [0.25, 0.3) is 0 Å². The molecule has 0 aromatic carbocycles. The molecule has 0 unspecified atom stereocenters. The largest absolute Gasteiger partial charge is 0.444 e. The van der Waals surface area contributed by atoms with Crippen molar-refractivity contribution in [2.24, 2.45) is 0 Å². The van der Waals surface area contributed by atoms with Gasteiger partial charge in [0.25, 0.3) is 5.56 Å². The van der Waals surface area contributed by atoms with Gasteiger partial charge in [0.05, 0.1) is 24.0 Å². The van der Waals surface area contributed by atoms with E-state index in [1.54, 1.807) is 11.8 Å². The minimum atomic E-state index is -1.07. The molecule has 0 saturated carbocycles. The molecule has 2 rings (SSSR count). The molecule has 7 nitrogen and oxygen atoms in total. The molecule has 0 spiro atoms. The van der Waals surface area contributed by atoms with Gasteiger partial charge >= 0.3 is 6.09 Å². The van der Waals surface area contributed by atoms with Crippen LogP contribution in [-0.2, 0) is 11.3 Å². The van der Waals surface area contributed by atoms with E-state index in [1.807, 2.05) is 20.8 Å². The second-order valence-electron chi connectivity index (χ2n) is 7.29. The molecule has 1 aromatic heterocycles. The first kappa shape index (κ1) is 18.7. The van der Waals surface area contributed by atoms with Gasteiger partial charge in [0.1, 0.15) is 10.8 Å². The molecule has 0 atom stereocenters. The number of carbonyl (C=O) groups is 1. The Hall–Kier alpha value is -1.60. The molecule has 0 bridgehead atoms. The normalized spacial score (nSPS) is 17.7. The van der Waals surface area contributed by atoms with Crippen LogP contribution in [0.15, 0.2) is 11.1 Å². The van der Waals surface area contributed by atoms with Crippen molar-refractivity contribution in [1.29, 1.82) is 0 Å². The average molecular weight is 358 g/mol. The number of amides is 1. The third-order valence-corrected chi connectivity index (χ3v) is 4.39. The van der Waals surface area contributed by atoms with Gasteiger partial charge in [-0.3, -0.25) is 9.36 Å². The van der Waals surface area contributed by atoms with Gasteiger partial charge in [0, 0.05) is 13.1 Å². The van der Waals surface area contributed by atoms with Crippen LogP contribution in [0.1, 0.15) is 39.2 Å². The second-order valence-corrected chi connectivity index (χ2v) is 7.64. The molecule has 1 aliphatic heterocycles. The first-order valence-corrected chi connectivity index (χ1v) is 8.30. The third kappa shape index (κ3) is 4.48. The Balaban J connectivity index is 2.01. The number of hydrogen-bond donors (Lipinski definition) is 1. The van der Waals surface area contributed by atoms with Crippen LogP contribution in [-0.4, -0.2) is 49.9 Å². The van der Waals surface area contributed by atoms with E-state index in [2.05, 4.69) is 4.98 Å². The van der Waals surface area contributed by atoms with Crippen LogP contribution in [0, 0.1) is 6.92 Å². The van der Waals surface area contributed by atoms with Crippen molar-refractivity contribution >= 4 is 17.7 Å². The Labute approximate surface area is 146 Å². The molecule has 1 amide bonds. The first-order chi connectivity index (χ1) is 11.0. The van der Waals surface area contributed by atoms with Gasteiger partial charge in [-0.25, -0.2) is 9.78 Å². The fraction of sp³-hybridized carbons (Fsp3) is 0.688. The summed E-state index contributed by atoms with van der Waals surface area (Å²) < 4.78 is 6.70. The summed E-state index contributed by atoms with van der Waals surface area (Å²) in [6, 6.07) is 0. The summed E-state index contributed by atoms with van der Waals surface area (Å²) in [6.45, 7) is 7.91. The number of aromatic nitrogens is 2. The van der Waals surface area contributed by atoms with E-state index >= 15 is 0 Å². The molecule has 1 fully saturated rings. The lowest BCUT2D eigenvalue weighted by molar-refractivity contribution is -0.0420. The summed E-state index contributed by atoms with van der Waals surface area (Å²) in [6.07, 6.45) is 1.68. The fourth-order valence-corrected chi connectivity index (χ4v) is 2.72. The van der Waals surface area contributed by atoms with E-state index in [0.717, 1.165) is 0 Å². The number of likely N-dealkylation sites (tertiary alicyclic amines) is 1. The van der Waals surface area contributed by atoms with Gasteiger partial charge in [0.2, 0.25) is 0 Å². The molecule has 1 aromatic rings. The van der Waals surface area contributed by atoms with Crippen molar-refractivity contribution in [2.75, 3.05) is 13.1 Å². The Morgan fingerprint density at radius 1 is 1.42 bits per heavy atom. The van der Waals surface area contributed by atoms with E-state index in [4.69, 9.17) is 16.3 Å². The summed E-state index contributed by atoms with van der Waals surface area (Å²) in [5, 5.41) is 10.9. The molecule has 24 heavy (non-hydrogen) atoms. The van der Waals surface area contributed by atoms with E-state index in [9.17, 15) is 14.7 Å². The molecule has 1 N–H and O–H groups in total. The molecule has 134 valence electrons. The lowest BCUT2D eigenvalue weighted by Gasteiger charge is -2.38. The molecule has 0 aliphatic carbocycles. The molecule has 2 heterocycles. The SMILES string of the molecule is Cc1c(Cl)ncn(CC2(O)CCN(C(=O)OC(C)(C)C)CC2)c1=O. The highest BCUT2D eigenvalue weighted by atomic mass is 35.5. The van der Waals surface area contributed by atoms with Gasteiger partial charge < -0.3 is 14.7 Å². The maximum Gasteiger partial charge on any atom is 0.410 e. The van der Waals surface area contributed by atoms with Gasteiger partial charge in [0.15, 0.2) is 0 Å². The van der Waals surface area contributed by atoms with Crippen LogP contribution in [0.2, 0.25) is 5.15 Å². The number of piperidine rings is 1. The standard InChI is InChI=1S/C16H24ClN3O4/c1-11-12(17)18-10-20(13(11)21)9-16(23)5-7-19(8-6-16)14(22)24-15(2,3)4/h10,23H,5-9H2,1-4H3. The average Bonchev–Trinajstić information content (AvgIpc) is 2.47. The van der Waals surface area contributed by atoms with E-state index in [1.165, 1.54) is 10.9 Å². The van der Waals surface area contributed by atoms with Crippen LogP contribution < -0.4 is 5.56 Å². The Morgan fingerprint density at radius 2 is 2.00 bits per heavy atom. The van der Waals surface area contributed by atoms with Crippen molar-refractivity contribution in [1.82, 2.24) is 14.5 Å². The van der Waals surface area contributed by atoms with Crippen LogP contribution >= 0.6 is 11.6 Å². The summed E-state index contributed by atoms with van der Waals surface area (Å²) in [7, 11) is 0. The minimum Gasteiger partial charge on any atom is -0.444 e. The van der Waals surface area contributed by atoms with E-state index < -0.39 is 11.2 Å². The van der Waals surface area contributed by atoms with Crippen molar-refractivity contribution in [3.63, 3.8) is 0 Å². The number of nitrogens with zero attached hydrogens (tertiary/aromatic N) is 3. The smallest absolute Gasteiger partial charge is 0.410 e. The Bertz CT molecular complexity index is 673. The molecule has 8 heteroatoms. The lowest BCUT2D eigenvalue weighted by atomic mass is 9.91. The molecule has 1 aliphatic rings. The molecular formula is C16H24ClN3O4. The highest BCUT2D eigenvalue weighted by molar-refractivity contribution is 6.30. The molecule has 0 radical (unpaired) electrons. The zero-order valence-corrected chi connectivity index (χ0v) is 15.3. The first-order valence-electron chi connectivity index (χ1n) is 7.93. The van der Waals surface area contributed by atoms with Gasteiger partial charge in [-0.2, -0.15) is 0 Å². The number of ether oxygens (including phenoxy) is 1. The summed E-state index contributed by atoms with van der Waals surface area (Å²) >= 11 is 5.83. The fourth-order valence-electron chi connectivity index (χ4n) is 2.59. The quantitative estimate of drug-likeness (QED) is 0.818. The highest BCUT2D eigenvalue weighted by Crippen LogP contribution is 2.25. The zero-order valence-electron chi connectivity index (χ0n) is 14.5. The van der Waals surface area contributed by atoms with E-state index in [-0.39, 0.29) is 23.4 Å². The topological polar surface area (TPSA) is 84.7 Å². The Morgan fingerprint density at radius 3 is 2.54 bits per heavy atom. The maximum atomic E-state index is 12.2. The number of carbonyl (C=O) groups excluding carboxylic acids is 1. The van der Waals surface area contributed by atoms with Crippen LogP contribution in [0.3, 0.4) is 0 Å². The predicted molar refractivity (Wildman–Crippen MR) is 90.2 cm³/mol. The van der Waals surface area contributed by atoms with Gasteiger partial charge in [-0.05, 0) is 40.5 Å². The van der Waals surface area contributed by atoms with Crippen molar-refractivity contribution in [2.45, 2.75) is 58.3 Å². The third-order valence-electron chi connectivity index (χ3n) is 4.01. The summed E-state index contributed by atoms with van der Waals surface area (Å²) in [5.74, 6) is 0. The van der Waals surface area contributed by atoms with Crippen molar-refractivity contribution in [3.05, 3.63) is 27.4 Å². The van der Waals surface area contributed by atoms with Crippen molar-refractivity contribution < 1.29 is 14.6 Å². The van der Waals surface area contributed by atoms with Crippen molar-refractivity contribution in [3.8, 4) is 0 Å². The maximum absolute atomic E-state index is 12.2. The summed E-state index contributed by atoms with van der Waals surface area (Å²) in [4.78, 5) is 29.8. The molecule has 1 saturated heterocycles. The Kier molecular flexibility index (Phi) is 5.25. The number of rotatable bonds is 2. The zero-order chi connectivity index (χ0) is 18.1. The van der Waals surface area contributed by atoms with Crippen LogP contribution in [0.5, 0.6) is 0 Å². The molecular weight excluding hydrogens is 334 g/mol. The number of hydrogen-bond acceptors (Lipinski definition) is 5. The minimum absolute atomic E-state index is 0.124. The monoisotopic (exact) mass is 357 g/mol. The highest BCUT2D eigenvalue weighted by Gasteiger charge is 2.36.